The number of rotatable bonds is 6. The minimum atomic E-state index is -3.65. The average Bonchev–Trinajstić information content (AvgIpc) is 2.78. The third kappa shape index (κ3) is 3.76. The monoisotopic (exact) mass is 414 g/mol. The van der Waals surface area contributed by atoms with Crippen molar-refractivity contribution in [2.75, 3.05) is 19.5 Å². The number of hydrogen-bond acceptors (Lipinski definition) is 7. The summed E-state index contributed by atoms with van der Waals surface area (Å²) in [5.74, 6) is -2.47. The van der Waals surface area contributed by atoms with E-state index in [-0.39, 0.29) is 33.9 Å². The van der Waals surface area contributed by atoms with E-state index >= 15 is 0 Å². The van der Waals surface area contributed by atoms with Crippen molar-refractivity contribution in [3.8, 4) is 5.75 Å². The smallest absolute Gasteiger partial charge is 0.277 e. The number of halogens is 1. The molecule has 2 heterocycles. The molecule has 1 saturated heterocycles. The van der Waals surface area contributed by atoms with Crippen molar-refractivity contribution in [2.24, 2.45) is 16.1 Å². The van der Waals surface area contributed by atoms with Crippen LogP contribution in [0.15, 0.2) is 27.3 Å². The average molecular weight is 415 g/mol. The summed E-state index contributed by atoms with van der Waals surface area (Å²) in [4.78, 5) is 24.8. The number of benzene rings is 1. The maximum atomic E-state index is 13.0. The first-order valence-corrected chi connectivity index (χ1v) is 10.6. The predicted molar refractivity (Wildman–Crippen MR) is 96.2 cm³/mol. The molecule has 2 unspecified atom stereocenters. The zero-order valence-electron chi connectivity index (χ0n) is 15.1. The van der Waals surface area contributed by atoms with Crippen LogP contribution >= 0.6 is 11.6 Å². The Hall–Kier alpha value is -1.84. The van der Waals surface area contributed by atoms with Gasteiger partial charge in [-0.3, -0.25) is 9.59 Å². The molecule has 0 radical (unpaired) electrons. The minimum absolute atomic E-state index is 0.00711. The van der Waals surface area contributed by atoms with Crippen LogP contribution in [0.2, 0.25) is 5.02 Å². The summed E-state index contributed by atoms with van der Waals surface area (Å²) in [5, 5.41) is 7.16. The fourth-order valence-corrected chi connectivity index (χ4v) is 4.11. The van der Waals surface area contributed by atoms with Gasteiger partial charge in [0.15, 0.2) is 21.4 Å². The van der Waals surface area contributed by atoms with Gasteiger partial charge in [-0.15, -0.1) is 5.11 Å². The maximum Gasteiger partial charge on any atom is 0.277 e. The molecule has 0 bridgehead atoms. The first-order valence-electron chi connectivity index (χ1n) is 8.30. The Morgan fingerprint density at radius 3 is 2.56 bits per heavy atom. The van der Waals surface area contributed by atoms with Crippen LogP contribution in [0, 0.1) is 5.92 Å². The third-order valence-electron chi connectivity index (χ3n) is 4.55. The number of nitrogens with zero attached hydrogens (tertiary/aromatic N) is 2. The highest BCUT2D eigenvalue weighted by molar-refractivity contribution is 7.90. The van der Waals surface area contributed by atoms with Crippen LogP contribution in [0.1, 0.15) is 30.6 Å². The molecule has 2 atom stereocenters. The Morgan fingerprint density at radius 2 is 2.07 bits per heavy atom. The van der Waals surface area contributed by atoms with Gasteiger partial charge in [0.1, 0.15) is 17.4 Å². The Morgan fingerprint density at radius 1 is 1.41 bits per heavy atom. The van der Waals surface area contributed by atoms with E-state index in [4.69, 9.17) is 21.1 Å². The number of hydrogen-bond donors (Lipinski definition) is 0. The van der Waals surface area contributed by atoms with E-state index in [1.54, 1.807) is 13.8 Å². The molecule has 0 N–H and O–H groups in total. The highest BCUT2D eigenvalue weighted by atomic mass is 35.5. The lowest BCUT2D eigenvalue weighted by Crippen LogP contribution is -2.36. The highest BCUT2D eigenvalue weighted by Gasteiger charge is 2.46. The predicted octanol–water partition coefficient (Wildman–Crippen LogP) is 2.48. The number of amides is 1. The number of sulfone groups is 1. The molecule has 1 amide bonds. The van der Waals surface area contributed by atoms with Crippen molar-refractivity contribution in [3.63, 3.8) is 0 Å². The number of carbonyl (C=O) groups is 2. The molecule has 1 aromatic carbocycles. The van der Waals surface area contributed by atoms with Crippen LogP contribution in [0.4, 0.5) is 0 Å². The van der Waals surface area contributed by atoms with Gasteiger partial charge in [0.05, 0.1) is 16.7 Å². The molecular weight excluding hydrogens is 396 g/mol. The number of ether oxygens (including phenoxy) is 2. The van der Waals surface area contributed by atoms with Crippen LogP contribution in [0.3, 0.4) is 0 Å². The van der Waals surface area contributed by atoms with Gasteiger partial charge in [-0.1, -0.05) is 11.6 Å². The first-order chi connectivity index (χ1) is 12.5. The summed E-state index contributed by atoms with van der Waals surface area (Å²) in [6, 6.07) is 2.54. The second kappa shape index (κ2) is 6.96. The quantitative estimate of drug-likeness (QED) is 0.522. The van der Waals surface area contributed by atoms with Gasteiger partial charge in [-0.25, -0.2) is 8.42 Å². The standard InChI is InChI=1S/C17H19ClN2O6S/c1-17(2)12(16(22)19-20-17)14(21)10-4-5-11(27(3,23)24)15(13(10)18)26-8-9-6-7-25-9/h4-5,9,12H,6-8H2,1-3H3. The molecule has 0 aliphatic carbocycles. The van der Waals surface area contributed by atoms with Gasteiger partial charge in [-0.2, -0.15) is 5.11 Å². The van der Waals surface area contributed by atoms with E-state index in [1.165, 1.54) is 12.1 Å². The first kappa shape index (κ1) is 19.9. The van der Waals surface area contributed by atoms with E-state index in [0.717, 1.165) is 12.7 Å². The summed E-state index contributed by atoms with van der Waals surface area (Å²) in [6.45, 7) is 3.96. The molecule has 0 aromatic heterocycles. The molecule has 27 heavy (non-hydrogen) atoms. The molecule has 1 aromatic rings. The number of Topliss-reactive ketones (excluding diaryl/α,β-unsaturated/α-hetero) is 1. The van der Waals surface area contributed by atoms with Crippen molar-refractivity contribution >= 4 is 33.1 Å². The second-order valence-corrected chi connectivity index (χ2v) is 9.47. The van der Waals surface area contributed by atoms with E-state index in [9.17, 15) is 18.0 Å². The lowest BCUT2D eigenvalue weighted by atomic mass is 9.83. The van der Waals surface area contributed by atoms with E-state index < -0.39 is 33.0 Å². The van der Waals surface area contributed by atoms with Crippen LogP contribution < -0.4 is 4.74 Å². The largest absolute Gasteiger partial charge is 0.488 e. The third-order valence-corrected chi connectivity index (χ3v) is 6.05. The molecular formula is C17H19ClN2O6S. The van der Waals surface area contributed by atoms with Crippen LogP contribution in [-0.2, 0) is 19.4 Å². The summed E-state index contributed by atoms with van der Waals surface area (Å²) in [7, 11) is -3.65. The fourth-order valence-electron chi connectivity index (χ4n) is 2.93. The van der Waals surface area contributed by atoms with Crippen molar-refractivity contribution < 1.29 is 27.5 Å². The molecule has 0 spiro atoms. The number of azo groups is 1. The molecule has 8 nitrogen and oxygen atoms in total. The van der Waals surface area contributed by atoms with E-state index in [2.05, 4.69) is 10.2 Å². The Bertz CT molecular complexity index is 937. The Balaban J connectivity index is 2.01. The van der Waals surface area contributed by atoms with Crippen molar-refractivity contribution in [2.45, 2.75) is 36.8 Å². The highest BCUT2D eigenvalue weighted by Crippen LogP contribution is 2.39. The van der Waals surface area contributed by atoms with Crippen molar-refractivity contribution in [1.29, 1.82) is 0 Å². The topological polar surface area (TPSA) is 111 Å². The Kier molecular flexibility index (Phi) is 5.13. The van der Waals surface area contributed by atoms with Crippen LogP contribution in [0.25, 0.3) is 0 Å². The number of ketones is 1. The summed E-state index contributed by atoms with van der Waals surface area (Å²) in [6.07, 6.45) is 1.66. The van der Waals surface area contributed by atoms with Gasteiger partial charge in [0, 0.05) is 24.8 Å². The lowest BCUT2D eigenvalue weighted by Gasteiger charge is -2.27. The summed E-state index contributed by atoms with van der Waals surface area (Å²) >= 11 is 6.36. The van der Waals surface area contributed by atoms with Gasteiger partial charge in [-0.05, 0) is 26.0 Å². The van der Waals surface area contributed by atoms with Crippen LogP contribution in [-0.4, -0.2) is 51.2 Å². The Labute approximate surface area is 161 Å². The van der Waals surface area contributed by atoms with Gasteiger partial charge in [0.25, 0.3) is 5.91 Å². The number of carbonyl (C=O) groups excluding carboxylic acids is 2. The molecule has 0 saturated carbocycles. The summed E-state index contributed by atoms with van der Waals surface area (Å²) < 4.78 is 35.1. The molecule has 1 fully saturated rings. The maximum absolute atomic E-state index is 13.0. The summed E-state index contributed by atoms with van der Waals surface area (Å²) in [5.41, 5.74) is -1.01. The molecule has 10 heteroatoms. The molecule has 3 rings (SSSR count). The SMILES string of the molecule is CC1(C)N=NC(=O)C1C(=O)c1ccc(S(C)(=O)=O)c(OCC2CCO2)c1Cl. The lowest BCUT2D eigenvalue weighted by molar-refractivity contribution is -0.120. The molecule has 2 aliphatic heterocycles. The zero-order chi connectivity index (χ0) is 20.0. The minimum Gasteiger partial charge on any atom is -0.488 e. The van der Waals surface area contributed by atoms with Crippen LogP contribution in [0.5, 0.6) is 5.75 Å². The zero-order valence-corrected chi connectivity index (χ0v) is 16.6. The van der Waals surface area contributed by atoms with Crippen molar-refractivity contribution in [3.05, 3.63) is 22.7 Å². The molecule has 2 aliphatic rings. The van der Waals surface area contributed by atoms with Crippen molar-refractivity contribution in [1.82, 2.24) is 0 Å². The van der Waals surface area contributed by atoms with Gasteiger partial charge < -0.3 is 9.47 Å². The normalized spacial score (nSPS) is 23.9. The second-order valence-electron chi connectivity index (χ2n) is 7.11. The molecule has 146 valence electrons. The van der Waals surface area contributed by atoms with E-state index in [0.29, 0.717) is 6.61 Å². The van der Waals surface area contributed by atoms with Gasteiger partial charge in [0.2, 0.25) is 0 Å². The van der Waals surface area contributed by atoms with Gasteiger partial charge >= 0.3 is 0 Å². The van der Waals surface area contributed by atoms with E-state index in [1.807, 2.05) is 0 Å². The fraction of sp³-hybridized carbons (Fsp3) is 0.529.